The first-order valence-corrected chi connectivity index (χ1v) is 7.47. The monoisotopic (exact) mass is 272 g/mol. The van der Waals surface area contributed by atoms with Crippen molar-refractivity contribution in [1.82, 2.24) is 20.0 Å². The number of nitrogens with zero attached hydrogens (tertiary/aromatic N) is 3. The molecule has 1 aliphatic heterocycles. The van der Waals surface area contributed by atoms with Crippen molar-refractivity contribution in [3.05, 3.63) is 30.0 Å². The topological polar surface area (TPSA) is 33.1 Å². The lowest BCUT2D eigenvalue weighted by Gasteiger charge is -2.35. The highest BCUT2D eigenvalue weighted by Gasteiger charge is 2.23. The third-order valence-corrected chi connectivity index (χ3v) is 4.47. The van der Waals surface area contributed by atoms with Gasteiger partial charge >= 0.3 is 0 Å². The number of fused-ring (bicyclic) bond motifs is 1. The molecule has 2 heterocycles. The molecule has 3 rings (SSSR count). The number of aryl methyl sites for hydroxylation is 1. The van der Waals surface area contributed by atoms with Gasteiger partial charge in [0.2, 0.25) is 0 Å². The lowest BCUT2D eigenvalue weighted by molar-refractivity contribution is 0.174. The Morgan fingerprint density at radius 2 is 2.10 bits per heavy atom. The first kappa shape index (κ1) is 13.6. The van der Waals surface area contributed by atoms with Crippen molar-refractivity contribution >= 4 is 10.9 Å². The fourth-order valence-electron chi connectivity index (χ4n) is 3.30. The quantitative estimate of drug-likeness (QED) is 0.928. The SMILES string of the molecule is CC1CN(C)CCC1NCc1nn(C)c2ccccc12. The Balaban J connectivity index is 1.71. The van der Waals surface area contributed by atoms with Gasteiger partial charge in [0.05, 0.1) is 11.2 Å². The van der Waals surface area contributed by atoms with Crippen LogP contribution in [0.4, 0.5) is 0 Å². The molecule has 2 aromatic rings. The highest BCUT2D eigenvalue weighted by atomic mass is 15.3. The van der Waals surface area contributed by atoms with E-state index in [0.29, 0.717) is 12.0 Å². The largest absolute Gasteiger partial charge is 0.308 e. The Morgan fingerprint density at radius 1 is 1.30 bits per heavy atom. The Hall–Kier alpha value is -1.39. The summed E-state index contributed by atoms with van der Waals surface area (Å²) in [4.78, 5) is 2.42. The van der Waals surface area contributed by atoms with Gasteiger partial charge in [0, 0.05) is 31.6 Å². The van der Waals surface area contributed by atoms with E-state index in [2.05, 4.69) is 53.6 Å². The number of hydrogen-bond acceptors (Lipinski definition) is 3. The molecule has 108 valence electrons. The van der Waals surface area contributed by atoms with Crippen LogP contribution < -0.4 is 5.32 Å². The van der Waals surface area contributed by atoms with Gasteiger partial charge in [0.15, 0.2) is 0 Å². The summed E-state index contributed by atoms with van der Waals surface area (Å²) >= 11 is 0. The van der Waals surface area contributed by atoms with E-state index in [9.17, 15) is 0 Å². The van der Waals surface area contributed by atoms with E-state index in [1.807, 2.05) is 11.7 Å². The number of hydrogen-bond donors (Lipinski definition) is 1. The number of rotatable bonds is 3. The average Bonchev–Trinajstić information content (AvgIpc) is 2.75. The van der Waals surface area contributed by atoms with Crippen molar-refractivity contribution in [2.75, 3.05) is 20.1 Å². The lowest BCUT2D eigenvalue weighted by Crippen LogP contribution is -2.46. The van der Waals surface area contributed by atoms with E-state index in [-0.39, 0.29) is 0 Å². The van der Waals surface area contributed by atoms with Gasteiger partial charge in [-0.05, 0) is 32.0 Å². The van der Waals surface area contributed by atoms with Crippen LogP contribution in [0.15, 0.2) is 24.3 Å². The zero-order chi connectivity index (χ0) is 14.1. The van der Waals surface area contributed by atoms with Gasteiger partial charge in [-0.15, -0.1) is 0 Å². The minimum Gasteiger partial charge on any atom is -0.308 e. The average molecular weight is 272 g/mol. The maximum absolute atomic E-state index is 4.66. The van der Waals surface area contributed by atoms with Crippen molar-refractivity contribution in [2.45, 2.75) is 25.9 Å². The van der Waals surface area contributed by atoms with Crippen LogP contribution in [0.25, 0.3) is 10.9 Å². The van der Waals surface area contributed by atoms with Crippen LogP contribution in [0.1, 0.15) is 19.0 Å². The minimum absolute atomic E-state index is 0.604. The van der Waals surface area contributed by atoms with E-state index in [1.54, 1.807) is 0 Å². The zero-order valence-corrected chi connectivity index (χ0v) is 12.6. The predicted octanol–water partition coefficient (Wildman–Crippen LogP) is 2.00. The summed E-state index contributed by atoms with van der Waals surface area (Å²) in [5.74, 6) is 0.698. The van der Waals surface area contributed by atoms with Crippen LogP contribution in [0.3, 0.4) is 0 Å². The molecule has 0 spiro atoms. The Morgan fingerprint density at radius 3 is 2.90 bits per heavy atom. The van der Waals surface area contributed by atoms with E-state index < -0.39 is 0 Å². The molecule has 0 aliphatic carbocycles. The smallest absolute Gasteiger partial charge is 0.0841 e. The predicted molar refractivity (Wildman–Crippen MR) is 82.6 cm³/mol. The number of benzene rings is 1. The highest BCUT2D eigenvalue weighted by Crippen LogP contribution is 2.19. The molecule has 1 saturated heterocycles. The van der Waals surface area contributed by atoms with Gasteiger partial charge in [-0.2, -0.15) is 5.10 Å². The van der Waals surface area contributed by atoms with Crippen molar-refractivity contribution < 1.29 is 0 Å². The normalized spacial score (nSPS) is 24.4. The summed E-state index contributed by atoms with van der Waals surface area (Å²) < 4.78 is 1.98. The fraction of sp³-hybridized carbons (Fsp3) is 0.562. The van der Waals surface area contributed by atoms with E-state index in [1.165, 1.54) is 30.4 Å². The Labute approximate surface area is 120 Å². The molecule has 0 bridgehead atoms. The molecule has 1 N–H and O–H groups in total. The molecule has 1 aliphatic rings. The van der Waals surface area contributed by atoms with Crippen molar-refractivity contribution in [3.63, 3.8) is 0 Å². The van der Waals surface area contributed by atoms with E-state index in [0.717, 1.165) is 12.2 Å². The maximum Gasteiger partial charge on any atom is 0.0841 e. The van der Waals surface area contributed by atoms with Crippen molar-refractivity contribution in [3.8, 4) is 0 Å². The Kier molecular flexibility index (Phi) is 3.76. The molecule has 2 atom stereocenters. The highest BCUT2D eigenvalue weighted by molar-refractivity contribution is 5.81. The van der Waals surface area contributed by atoms with Gasteiger partial charge in [-0.1, -0.05) is 25.1 Å². The molecule has 0 radical (unpaired) electrons. The summed E-state index contributed by atoms with van der Waals surface area (Å²) in [5.41, 5.74) is 2.37. The first-order chi connectivity index (χ1) is 9.65. The third kappa shape index (κ3) is 2.58. The summed E-state index contributed by atoms with van der Waals surface area (Å²) in [6.45, 7) is 5.57. The molecular weight excluding hydrogens is 248 g/mol. The molecule has 1 aromatic carbocycles. The van der Waals surface area contributed by atoms with Crippen LogP contribution >= 0.6 is 0 Å². The van der Waals surface area contributed by atoms with Crippen molar-refractivity contribution in [1.29, 1.82) is 0 Å². The van der Waals surface area contributed by atoms with Crippen LogP contribution in [0.2, 0.25) is 0 Å². The number of nitrogens with one attached hydrogen (secondary N) is 1. The second-order valence-electron chi connectivity index (χ2n) is 6.10. The molecule has 4 nitrogen and oxygen atoms in total. The maximum atomic E-state index is 4.66. The van der Waals surface area contributed by atoms with Gasteiger partial charge < -0.3 is 10.2 Å². The summed E-state index contributed by atoms with van der Waals surface area (Å²) in [6.07, 6.45) is 1.22. The number of para-hydroxylation sites is 1. The van der Waals surface area contributed by atoms with Crippen LogP contribution in [0, 0.1) is 5.92 Å². The van der Waals surface area contributed by atoms with E-state index in [4.69, 9.17) is 0 Å². The summed E-state index contributed by atoms with van der Waals surface area (Å²) in [6, 6.07) is 9.06. The molecule has 2 unspecified atom stereocenters. The summed E-state index contributed by atoms with van der Waals surface area (Å²) in [7, 11) is 4.23. The molecule has 0 saturated carbocycles. The second kappa shape index (κ2) is 5.54. The first-order valence-electron chi connectivity index (χ1n) is 7.47. The van der Waals surface area contributed by atoms with Gasteiger partial charge in [0.25, 0.3) is 0 Å². The van der Waals surface area contributed by atoms with Crippen LogP contribution in [-0.4, -0.2) is 40.9 Å². The molecule has 1 aromatic heterocycles. The second-order valence-corrected chi connectivity index (χ2v) is 6.10. The molecule has 1 fully saturated rings. The van der Waals surface area contributed by atoms with Crippen molar-refractivity contribution in [2.24, 2.45) is 13.0 Å². The molecule has 0 amide bonds. The van der Waals surface area contributed by atoms with E-state index >= 15 is 0 Å². The molecular formula is C16H24N4. The Bertz CT molecular complexity index is 589. The standard InChI is InChI=1S/C16H24N4/c1-12-11-19(2)9-8-14(12)17-10-15-13-6-4-5-7-16(13)20(3)18-15/h4-7,12,14,17H,8-11H2,1-3H3. The van der Waals surface area contributed by atoms with Crippen LogP contribution in [0.5, 0.6) is 0 Å². The fourth-order valence-corrected chi connectivity index (χ4v) is 3.30. The number of likely N-dealkylation sites (tertiary alicyclic amines) is 1. The van der Waals surface area contributed by atoms with Crippen LogP contribution in [-0.2, 0) is 13.6 Å². The van der Waals surface area contributed by atoms with Gasteiger partial charge in [-0.3, -0.25) is 4.68 Å². The number of piperidine rings is 1. The number of aromatic nitrogens is 2. The minimum atomic E-state index is 0.604. The molecule has 4 heteroatoms. The summed E-state index contributed by atoms with van der Waals surface area (Å²) in [5, 5.41) is 9.64. The van der Waals surface area contributed by atoms with Gasteiger partial charge in [-0.25, -0.2) is 0 Å². The van der Waals surface area contributed by atoms with Gasteiger partial charge in [0.1, 0.15) is 0 Å². The molecule has 20 heavy (non-hydrogen) atoms. The zero-order valence-electron chi connectivity index (χ0n) is 12.6. The lowest BCUT2D eigenvalue weighted by atomic mass is 9.94. The third-order valence-electron chi connectivity index (χ3n) is 4.47.